The highest BCUT2D eigenvalue weighted by Crippen LogP contribution is 2.19. The summed E-state index contributed by atoms with van der Waals surface area (Å²) in [6.45, 7) is 1.24. The molecule has 4 aromatic rings. The molecule has 0 unspecified atom stereocenters. The van der Waals surface area contributed by atoms with Crippen LogP contribution in [0.15, 0.2) is 71.4 Å². The van der Waals surface area contributed by atoms with Gasteiger partial charge in [-0.25, -0.2) is 9.07 Å². The summed E-state index contributed by atoms with van der Waals surface area (Å²) >= 11 is 0. The van der Waals surface area contributed by atoms with E-state index in [4.69, 9.17) is 4.42 Å². The van der Waals surface area contributed by atoms with Crippen molar-refractivity contribution in [2.24, 2.45) is 0 Å². The number of rotatable bonds is 6. The van der Waals surface area contributed by atoms with E-state index in [9.17, 15) is 4.39 Å². The third-order valence-electron chi connectivity index (χ3n) is 4.10. The summed E-state index contributed by atoms with van der Waals surface area (Å²) in [5, 5.41) is 12.3. The van der Waals surface area contributed by atoms with Gasteiger partial charge in [0.05, 0.1) is 12.2 Å². The summed E-state index contributed by atoms with van der Waals surface area (Å²) in [5.74, 6) is 0.481. The maximum absolute atomic E-state index is 13.3. The first kappa shape index (κ1) is 17.1. The van der Waals surface area contributed by atoms with Gasteiger partial charge >= 0.3 is 0 Å². The second-order valence-corrected chi connectivity index (χ2v) is 6.30. The van der Waals surface area contributed by atoms with Gasteiger partial charge in [-0.15, -0.1) is 10.2 Å². The summed E-state index contributed by atoms with van der Waals surface area (Å²) in [7, 11) is 1.98. The van der Waals surface area contributed by atoms with Gasteiger partial charge in [0.15, 0.2) is 0 Å². The van der Waals surface area contributed by atoms with Crippen molar-refractivity contribution >= 4 is 0 Å². The number of hydrogen-bond acceptors (Lipinski definition) is 5. The second kappa shape index (κ2) is 7.51. The van der Waals surface area contributed by atoms with Crippen LogP contribution < -0.4 is 0 Å². The summed E-state index contributed by atoms with van der Waals surface area (Å²) in [4.78, 5) is 2.08. The average molecular weight is 363 g/mol. The Kier molecular flexibility index (Phi) is 4.76. The first-order valence-corrected chi connectivity index (χ1v) is 8.53. The minimum absolute atomic E-state index is 0.321. The fourth-order valence-corrected chi connectivity index (χ4v) is 2.83. The molecule has 0 aliphatic rings. The standard InChI is InChI=1S/C20H18FN5O/c1-25(13-15-6-8-18(9-7-15)26-11-3-10-22-26)14-19-23-24-20(27-19)16-4-2-5-17(21)12-16/h2-12H,13-14H2,1H3. The average Bonchev–Trinajstić information content (AvgIpc) is 3.34. The van der Waals surface area contributed by atoms with Crippen LogP contribution in [0.3, 0.4) is 0 Å². The first-order valence-electron chi connectivity index (χ1n) is 8.53. The lowest BCUT2D eigenvalue weighted by Crippen LogP contribution is -2.17. The van der Waals surface area contributed by atoms with E-state index >= 15 is 0 Å². The van der Waals surface area contributed by atoms with Gasteiger partial charge in [0.1, 0.15) is 5.82 Å². The van der Waals surface area contributed by atoms with E-state index in [0.717, 1.165) is 12.2 Å². The van der Waals surface area contributed by atoms with E-state index in [1.807, 2.05) is 36.1 Å². The summed E-state index contributed by atoms with van der Waals surface area (Å²) in [6.07, 6.45) is 3.66. The van der Waals surface area contributed by atoms with Gasteiger partial charge in [0, 0.05) is 24.5 Å². The zero-order valence-electron chi connectivity index (χ0n) is 14.8. The van der Waals surface area contributed by atoms with E-state index < -0.39 is 0 Å². The number of aromatic nitrogens is 4. The van der Waals surface area contributed by atoms with E-state index in [1.54, 1.807) is 18.3 Å². The molecule has 27 heavy (non-hydrogen) atoms. The molecule has 0 aliphatic carbocycles. The van der Waals surface area contributed by atoms with Gasteiger partial charge in [-0.1, -0.05) is 18.2 Å². The molecule has 2 aromatic heterocycles. The maximum Gasteiger partial charge on any atom is 0.247 e. The summed E-state index contributed by atoms with van der Waals surface area (Å²) in [5.41, 5.74) is 2.76. The summed E-state index contributed by atoms with van der Waals surface area (Å²) in [6, 6.07) is 16.2. The van der Waals surface area contributed by atoms with Crippen LogP contribution in [-0.2, 0) is 13.1 Å². The summed E-state index contributed by atoms with van der Waals surface area (Å²) < 4.78 is 20.8. The van der Waals surface area contributed by atoms with Crippen molar-refractivity contribution in [1.82, 2.24) is 24.9 Å². The van der Waals surface area contributed by atoms with E-state index in [0.29, 0.717) is 23.9 Å². The fourth-order valence-electron chi connectivity index (χ4n) is 2.83. The van der Waals surface area contributed by atoms with Crippen LogP contribution in [0, 0.1) is 5.82 Å². The Morgan fingerprint density at radius 1 is 1.04 bits per heavy atom. The molecule has 0 atom stereocenters. The third-order valence-corrected chi connectivity index (χ3v) is 4.10. The van der Waals surface area contributed by atoms with Crippen LogP contribution in [0.25, 0.3) is 17.1 Å². The van der Waals surface area contributed by atoms with Gasteiger partial charge in [0.2, 0.25) is 11.8 Å². The van der Waals surface area contributed by atoms with E-state index in [2.05, 4.69) is 32.3 Å². The Morgan fingerprint density at radius 2 is 1.89 bits per heavy atom. The van der Waals surface area contributed by atoms with Gasteiger partial charge in [-0.2, -0.15) is 5.10 Å². The molecule has 0 radical (unpaired) electrons. The SMILES string of the molecule is CN(Cc1ccc(-n2cccn2)cc1)Cc1nnc(-c2cccc(F)c2)o1. The molecule has 6 nitrogen and oxygen atoms in total. The van der Waals surface area contributed by atoms with Crippen LogP contribution in [0.5, 0.6) is 0 Å². The monoisotopic (exact) mass is 363 g/mol. The molecule has 4 rings (SSSR count). The molecule has 0 bridgehead atoms. The predicted molar refractivity (Wildman–Crippen MR) is 98.4 cm³/mol. The van der Waals surface area contributed by atoms with Crippen molar-refractivity contribution in [1.29, 1.82) is 0 Å². The Hall–Kier alpha value is -3.32. The Morgan fingerprint density at radius 3 is 2.63 bits per heavy atom. The first-order chi connectivity index (χ1) is 13.2. The van der Waals surface area contributed by atoms with E-state index in [1.165, 1.54) is 17.7 Å². The largest absolute Gasteiger partial charge is 0.419 e. The quantitative estimate of drug-likeness (QED) is 0.523. The van der Waals surface area contributed by atoms with Crippen molar-refractivity contribution in [2.45, 2.75) is 13.1 Å². The third kappa shape index (κ3) is 4.09. The fraction of sp³-hybridized carbons (Fsp3) is 0.150. The second-order valence-electron chi connectivity index (χ2n) is 6.30. The molecule has 0 amide bonds. The van der Waals surface area contributed by atoms with Crippen LogP contribution in [0.4, 0.5) is 4.39 Å². The number of benzene rings is 2. The topological polar surface area (TPSA) is 60.0 Å². The highest BCUT2D eigenvalue weighted by molar-refractivity contribution is 5.52. The maximum atomic E-state index is 13.3. The van der Waals surface area contributed by atoms with Gasteiger partial charge in [0.25, 0.3) is 0 Å². The van der Waals surface area contributed by atoms with Crippen molar-refractivity contribution < 1.29 is 8.81 Å². The Balaban J connectivity index is 1.39. The van der Waals surface area contributed by atoms with Crippen molar-refractivity contribution in [2.75, 3.05) is 7.05 Å². The molecule has 2 heterocycles. The lowest BCUT2D eigenvalue weighted by atomic mass is 10.2. The van der Waals surface area contributed by atoms with Gasteiger partial charge in [-0.05, 0) is 49.0 Å². The molecule has 0 fully saturated rings. The lowest BCUT2D eigenvalue weighted by Gasteiger charge is -2.14. The normalized spacial score (nSPS) is 11.2. The lowest BCUT2D eigenvalue weighted by molar-refractivity contribution is 0.283. The van der Waals surface area contributed by atoms with Crippen LogP contribution in [0.1, 0.15) is 11.5 Å². The highest BCUT2D eigenvalue weighted by atomic mass is 19.1. The van der Waals surface area contributed by atoms with E-state index in [-0.39, 0.29) is 5.82 Å². The highest BCUT2D eigenvalue weighted by Gasteiger charge is 2.11. The van der Waals surface area contributed by atoms with Crippen LogP contribution >= 0.6 is 0 Å². The molecule has 0 spiro atoms. The molecule has 0 saturated carbocycles. The zero-order valence-corrected chi connectivity index (χ0v) is 14.8. The molecule has 0 saturated heterocycles. The predicted octanol–water partition coefficient (Wildman–Crippen LogP) is 3.69. The van der Waals surface area contributed by atoms with Crippen molar-refractivity contribution in [3.63, 3.8) is 0 Å². The van der Waals surface area contributed by atoms with Crippen LogP contribution in [0.2, 0.25) is 0 Å². The molecule has 0 aliphatic heterocycles. The number of hydrogen-bond donors (Lipinski definition) is 0. The molecular weight excluding hydrogens is 345 g/mol. The Bertz CT molecular complexity index is 1010. The molecule has 2 aromatic carbocycles. The van der Waals surface area contributed by atoms with Gasteiger partial charge in [-0.3, -0.25) is 4.90 Å². The van der Waals surface area contributed by atoms with Crippen molar-refractivity contribution in [3.05, 3.63) is 84.3 Å². The molecule has 7 heteroatoms. The minimum Gasteiger partial charge on any atom is -0.419 e. The molecule has 136 valence electrons. The molecule has 0 N–H and O–H groups in total. The smallest absolute Gasteiger partial charge is 0.247 e. The Labute approximate surface area is 155 Å². The molecular formula is C20H18FN5O. The van der Waals surface area contributed by atoms with Crippen LogP contribution in [-0.4, -0.2) is 31.9 Å². The zero-order chi connectivity index (χ0) is 18.6. The van der Waals surface area contributed by atoms with Crippen molar-refractivity contribution in [3.8, 4) is 17.1 Å². The number of nitrogens with zero attached hydrogens (tertiary/aromatic N) is 5. The number of halogens is 1. The minimum atomic E-state index is -0.331. The van der Waals surface area contributed by atoms with Gasteiger partial charge < -0.3 is 4.42 Å².